The average molecular weight is 401 g/mol. The van der Waals surface area contributed by atoms with Crippen LogP contribution < -0.4 is 4.90 Å². The van der Waals surface area contributed by atoms with Crippen LogP contribution in [0.1, 0.15) is 23.4 Å². The Morgan fingerprint density at radius 3 is 2.48 bits per heavy atom. The number of halogens is 3. The van der Waals surface area contributed by atoms with Crippen molar-refractivity contribution in [2.45, 2.75) is 19.1 Å². The minimum atomic E-state index is -4.61. The number of fused-ring (bicyclic) bond motifs is 1. The lowest BCUT2D eigenvalue weighted by Crippen LogP contribution is -2.31. The highest BCUT2D eigenvalue weighted by Crippen LogP contribution is 2.28. The van der Waals surface area contributed by atoms with Gasteiger partial charge in [-0.05, 0) is 36.2 Å². The lowest BCUT2D eigenvalue weighted by molar-refractivity contribution is -0.146. The van der Waals surface area contributed by atoms with E-state index in [9.17, 15) is 13.2 Å². The first-order valence-corrected chi connectivity index (χ1v) is 9.20. The molecule has 0 atom stereocenters. The van der Waals surface area contributed by atoms with Crippen LogP contribution in [-0.4, -0.2) is 50.9 Å². The summed E-state index contributed by atoms with van der Waals surface area (Å²) in [6, 6.07) is 12.8. The quantitative estimate of drug-likeness (QED) is 0.672. The van der Waals surface area contributed by atoms with E-state index in [1.807, 2.05) is 17.0 Å². The van der Waals surface area contributed by atoms with Crippen LogP contribution >= 0.6 is 0 Å². The van der Waals surface area contributed by atoms with Crippen molar-refractivity contribution in [3.8, 4) is 6.07 Å². The molecule has 4 rings (SSSR count). The SMILES string of the molecule is N#Cc1ccc(CN2CCCN(c3ccc4nnc(C(F)(F)F)n4n3)CC2)cc1. The molecule has 1 fully saturated rings. The molecule has 0 saturated carbocycles. The lowest BCUT2D eigenvalue weighted by atomic mass is 10.1. The second-order valence-corrected chi connectivity index (χ2v) is 6.91. The van der Waals surface area contributed by atoms with E-state index in [4.69, 9.17) is 5.26 Å². The summed E-state index contributed by atoms with van der Waals surface area (Å²) in [6.07, 6.45) is -3.74. The van der Waals surface area contributed by atoms with Crippen LogP contribution in [0.3, 0.4) is 0 Å². The number of benzene rings is 1. The number of alkyl halides is 3. The molecule has 1 saturated heterocycles. The molecule has 0 aliphatic carbocycles. The van der Waals surface area contributed by atoms with E-state index >= 15 is 0 Å². The fourth-order valence-corrected chi connectivity index (χ4v) is 3.43. The van der Waals surface area contributed by atoms with Crippen molar-refractivity contribution in [3.05, 3.63) is 53.3 Å². The largest absolute Gasteiger partial charge is 0.453 e. The number of hydrogen-bond donors (Lipinski definition) is 0. The summed E-state index contributed by atoms with van der Waals surface area (Å²) in [6.45, 7) is 3.74. The summed E-state index contributed by atoms with van der Waals surface area (Å²) in [7, 11) is 0. The van der Waals surface area contributed by atoms with Gasteiger partial charge in [0.05, 0.1) is 11.6 Å². The van der Waals surface area contributed by atoms with Gasteiger partial charge in [0.1, 0.15) is 5.82 Å². The van der Waals surface area contributed by atoms with Gasteiger partial charge < -0.3 is 4.90 Å². The summed E-state index contributed by atoms with van der Waals surface area (Å²) in [5.74, 6) is -0.644. The van der Waals surface area contributed by atoms with Crippen molar-refractivity contribution in [1.82, 2.24) is 24.7 Å². The minimum absolute atomic E-state index is 0.0679. The van der Waals surface area contributed by atoms with Gasteiger partial charge in [-0.25, -0.2) is 0 Å². The molecule has 1 aliphatic rings. The molecule has 29 heavy (non-hydrogen) atoms. The molecule has 10 heteroatoms. The summed E-state index contributed by atoms with van der Waals surface area (Å²) < 4.78 is 40.0. The summed E-state index contributed by atoms with van der Waals surface area (Å²) in [5, 5.41) is 19.8. The number of anilines is 1. The molecule has 3 aromatic rings. The fourth-order valence-electron chi connectivity index (χ4n) is 3.43. The van der Waals surface area contributed by atoms with Crippen molar-refractivity contribution in [3.63, 3.8) is 0 Å². The average Bonchev–Trinajstić information content (AvgIpc) is 3.01. The Kier molecular flexibility index (Phi) is 5.07. The van der Waals surface area contributed by atoms with Crippen LogP contribution in [0.4, 0.5) is 19.0 Å². The third kappa shape index (κ3) is 4.14. The van der Waals surface area contributed by atoms with Gasteiger partial charge in [-0.15, -0.1) is 15.3 Å². The summed E-state index contributed by atoms with van der Waals surface area (Å²) in [5.41, 5.74) is 1.82. The number of nitrogens with zero attached hydrogens (tertiary/aromatic N) is 7. The fraction of sp³-hybridized carbons (Fsp3) is 0.368. The van der Waals surface area contributed by atoms with Gasteiger partial charge in [-0.2, -0.15) is 22.9 Å². The number of aromatic nitrogens is 4. The van der Waals surface area contributed by atoms with E-state index < -0.39 is 12.0 Å². The molecule has 0 amide bonds. The summed E-state index contributed by atoms with van der Waals surface area (Å²) >= 11 is 0. The van der Waals surface area contributed by atoms with E-state index in [-0.39, 0.29) is 5.65 Å². The van der Waals surface area contributed by atoms with E-state index in [0.29, 0.717) is 24.5 Å². The minimum Gasteiger partial charge on any atom is -0.354 e. The van der Waals surface area contributed by atoms with Crippen LogP contribution in [0.2, 0.25) is 0 Å². The van der Waals surface area contributed by atoms with Gasteiger partial charge in [0.25, 0.3) is 5.82 Å². The highest BCUT2D eigenvalue weighted by Gasteiger charge is 2.37. The highest BCUT2D eigenvalue weighted by molar-refractivity contribution is 5.46. The predicted octanol–water partition coefficient (Wildman–Crippen LogP) is 2.73. The molecule has 1 aliphatic heterocycles. The van der Waals surface area contributed by atoms with Gasteiger partial charge in [0.2, 0.25) is 0 Å². The molecule has 0 N–H and O–H groups in total. The molecule has 1 aromatic carbocycles. The third-order valence-electron chi connectivity index (χ3n) is 4.90. The maximum atomic E-state index is 13.1. The topological polar surface area (TPSA) is 73.4 Å². The Bertz CT molecular complexity index is 1040. The molecule has 0 radical (unpaired) electrons. The van der Waals surface area contributed by atoms with E-state index in [0.717, 1.165) is 36.1 Å². The number of hydrogen-bond acceptors (Lipinski definition) is 6. The Labute approximate surface area is 165 Å². The number of nitriles is 1. The van der Waals surface area contributed by atoms with Crippen LogP contribution in [0.15, 0.2) is 36.4 Å². The number of rotatable bonds is 3. The van der Waals surface area contributed by atoms with Gasteiger partial charge in [-0.3, -0.25) is 4.90 Å². The maximum Gasteiger partial charge on any atom is 0.453 e. The monoisotopic (exact) mass is 401 g/mol. The molecule has 7 nitrogen and oxygen atoms in total. The highest BCUT2D eigenvalue weighted by atomic mass is 19.4. The summed E-state index contributed by atoms with van der Waals surface area (Å²) in [4.78, 5) is 4.28. The van der Waals surface area contributed by atoms with Gasteiger partial charge in [0, 0.05) is 32.7 Å². The zero-order valence-electron chi connectivity index (χ0n) is 15.5. The standard InChI is InChI=1S/C19H18F3N7/c20-19(21,22)18-25-24-16-6-7-17(26-29(16)18)28-9-1-8-27(10-11-28)13-15-4-2-14(12-23)3-5-15/h2-7H,1,8-11,13H2. The molecule has 3 heterocycles. The van der Waals surface area contributed by atoms with Crippen molar-refractivity contribution < 1.29 is 13.2 Å². The Morgan fingerprint density at radius 1 is 0.966 bits per heavy atom. The molecule has 0 bridgehead atoms. The van der Waals surface area contributed by atoms with Gasteiger partial charge >= 0.3 is 6.18 Å². The smallest absolute Gasteiger partial charge is 0.354 e. The first-order valence-electron chi connectivity index (χ1n) is 9.20. The molecule has 0 unspecified atom stereocenters. The van der Waals surface area contributed by atoms with Crippen LogP contribution in [-0.2, 0) is 12.7 Å². The molecule has 2 aromatic heterocycles. The predicted molar refractivity (Wildman–Crippen MR) is 99.0 cm³/mol. The van der Waals surface area contributed by atoms with Crippen LogP contribution in [0.25, 0.3) is 5.65 Å². The van der Waals surface area contributed by atoms with Gasteiger partial charge in [-0.1, -0.05) is 12.1 Å². The van der Waals surface area contributed by atoms with Crippen LogP contribution in [0.5, 0.6) is 0 Å². The van der Waals surface area contributed by atoms with Crippen LogP contribution in [0, 0.1) is 11.3 Å². The van der Waals surface area contributed by atoms with E-state index in [2.05, 4.69) is 26.3 Å². The molecular formula is C19H18F3N7. The maximum absolute atomic E-state index is 13.1. The Hall–Kier alpha value is -3.19. The van der Waals surface area contributed by atoms with E-state index in [1.165, 1.54) is 6.07 Å². The van der Waals surface area contributed by atoms with Crippen molar-refractivity contribution in [2.24, 2.45) is 0 Å². The van der Waals surface area contributed by atoms with E-state index in [1.54, 1.807) is 18.2 Å². The van der Waals surface area contributed by atoms with Crippen molar-refractivity contribution in [1.29, 1.82) is 5.26 Å². The lowest BCUT2D eigenvalue weighted by Gasteiger charge is -2.22. The third-order valence-corrected chi connectivity index (χ3v) is 4.90. The Balaban J connectivity index is 1.47. The zero-order chi connectivity index (χ0) is 20.4. The zero-order valence-corrected chi connectivity index (χ0v) is 15.5. The molecule has 150 valence electrons. The Morgan fingerprint density at radius 2 is 1.76 bits per heavy atom. The molecular weight excluding hydrogens is 383 g/mol. The van der Waals surface area contributed by atoms with Gasteiger partial charge in [0.15, 0.2) is 5.65 Å². The van der Waals surface area contributed by atoms with Crippen molar-refractivity contribution >= 4 is 11.5 Å². The first-order chi connectivity index (χ1) is 13.9. The normalized spacial score (nSPS) is 16.0. The second-order valence-electron chi connectivity index (χ2n) is 6.91. The molecule has 0 spiro atoms. The van der Waals surface area contributed by atoms with Crippen molar-refractivity contribution in [2.75, 3.05) is 31.1 Å². The second kappa shape index (κ2) is 7.67. The first kappa shape index (κ1) is 19.1.